The lowest BCUT2D eigenvalue weighted by molar-refractivity contribution is 0.102. The molecule has 1 heterocycles. The van der Waals surface area contributed by atoms with E-state index in [2.05, 4.69) is 5.32 Å². The third-order valence-corrected chi connectivity index (χ3v) is 5.38. The lowest BCUT2D eigenvalue weighted by Crippen LogP contribution is -2.18. The van der Waals surface area contributed by atoms with Gasteiger partial charge in [0.1, 0.15) is 5.75 Å². The van der Waals surface area contributed by atoms with E-state index in [1.807, 2.05) is 0 Å². The molecule has 1 aliphatic rings. The number of aryl methyl sites for hydroxylation is 1. The first-order valence-electron chi connectivity index (χ1n) is 7.83. The Bertz CT molecular complexity index is 936. The summed E-state index contributed by atoms with van der Waals surface area (Å²) >= 11 is 0. The number of hydrogen-bond donors (Lipinski definition) is 2. The summed E-state index contributed by atoms with van der Waals surface area (Å²) in [6.45, 7) is 2.05. The molecule has 3 rings (SSSR count). The van der Waals surface area contributed by atoms with E-state index in [1.165, 1.54) is 6.07 Å². The third kappa shape index (κ3) is 3.52. The van der Waals surface area contributed by atoms with Gasteiger partial charge >= 0.3 is 0 Å². The number of aliphatic hydroxyl groups is 1. The summed E-state index contributed by atoms with van der Waals surface area (Å²) in [6.07, 6.45) is 0.983. The molecule has 2 aromatic rings. The Hall–Kier alpha value is -2.38. The molecule has 0 aliphatic carbocycles. The van der Waals surface area contributed by atoms with Crippen molar-refractivity contribution in [2.24, 2.45) is 0 Å². The quantitative estimate of drug-likeness (QED) is 0.876. The molecule has 1 unspecified atom stereocenters. The van der Waals surface area contributed by atoms with Crippen molar-refractivity contribution in [3.05, 3.63) is 53.1 Å². The molecule has 1 atom stereocenters. The molecule has 0 radical (unpaired) electrons. The van der Waals surface area contributed by atoms with Crippen molar-refractivity contribution < 1.29 is 23.1 Å². The molecular weight excluding hydrogens is 342 g/mol. The van der Waals surface area contributed by atoms with Gasteiger partial charge < -0.3 is 15.2 Å². The predicted molar refractivity (Wildman–Crippen MR) is 93.8 cm³/mol. The maximum atomic E-state index is 12.5. The first-order valence-corrected chi connectivity index (χ1v) is 9.72. The molecule has 0 saturated heterocycles. The Labute approximate surface area is 146 Å². The summed E-state index contributed by atoms with van der Waals surface area (Å²) < 4.78 is 29.3. The first kappa shape index (κ1) is 17.4. The predicted octanol–water partition coefficient (Wildman–Crippen LogP) is 2.47. The van der Waals surface area contributed by atoms with Crippen LogP contribution < -0.4 is 10.1 Å². The summed E-state index contributed by atoms with van der Waals surface area (Å²) in [6, 6.07) is 9.70. The molecule has 0 saturated carbocycles. The molecule has 1 amide bonds. The Balaban J connectivity index is 1.93. The van der Waals surface area contributed by atoms with Crippen molar-refractivity contribution in [1.82, 2.24) is 0 Å². The minimum absolute atomic E-state index is 0.127. The SMILES string of the molecule is Cc1ccc(C(=O)Nc2cccc3c2OCCC3O)cc1S(C)(=O)=O. The van der Waals surface area contributed by atoms with Crippen LogP contribution in [0.1, 0.15) is 34.0 Å². The average Bonchev–Trinajstić information content (AvgIpc) is 2.55. The second-order valence-electron chi connectivity index (χ2n) is 6.08. The van der Waals surface area contributed by atoms with Gasteiger partial charge in [0.25, 0.3) is 5.91 Å². The lowest BCUT2D eigenvalue weighted by Gasteiger charge is -2.24. The number of nitrogens with one attached hydrogen (secondary N) is 1. The molecule has 0 spiro atoms. The third-order valence-electron chi connectivity index (χ3n) is 4.14. The van der Waals surface area contributed by atoms with E-state index in [-0.39, 0.29) is 10.5 Å². The van der Waals surface area contributed by atoms with Crippen molar-refractivity contribution in [2.45, 2.75) is 24.3 Å². The smallest absolute Gasteiger partial charge is 0.255 e. The number of aliphatic hydroxyl groups excluding tert-OH is 1. The number of rotatable bonds is 3. The van der Waals surface area contributed by atoms with Gasteiger partial charge in [0.2, 0.25) is 0 Å². The molecule has 0 fully saturated rings. The van der Waals surface area contributed by atoms with Gasteiger partial charge in [0.05, 0.1) is 23.3 Å². The summed E-state index contributed by atoms with van der Waals surface area (Å²) in [5.41, 5.74) is 1.90. The number of carbonyl (C=O) groups excluding carboxylic acids is 1. The van der Waals surface area contributed by atoms with Crippen LogP contribution in [0.4, 0.5) is 5.69 Å². The van der Waals surface area contributed by atoms with Crippen molar-refractivity contribution in [1.29, 1.82) is 0 Å². The number of amides is 1. The van der Waals surface area contributed by atoms with Crippen LogP contribution in [0.5, 0.6) is 5.75 Å². The van der Waals surface area contributed by atoms with E-state index in [4.69, 9.17) is 4.74 Å². The molecule has 0 bridgehead atoms. The van der Waals surface area contributed by atoms with E-state index in [0.717, 1.165) is 6.26 Å². The fourth-order valence-electron chi connectivity index (χ4n) is 2.84. The Morgan fingerprint density at radius 2 is 2.04 bits per heavy atom. The average molecular weight is 361 g/mol. The molecule has 132 valence electrons. The van der Waals surface area contributed by atoms with Crippen molar-refractivity contribution >= 4 is 21.4 Å². The van der Waals surface area contributed by atoms with Gasteiger partial charge in [-0.2, -0.15) is 0 Å². The monoisotopic (exact) mass is 361 g/mol. The van der Waals surface area contributed by atoms with Crippen LogP contribution in [-0.4, -0.2) is 32.3 Å². The van der Waals surface area contributed by atoms with Crippen LogP contribution in [0.2, 0.25) is 0 Å². The fourth-order valence-corrected chi connectivity index (χ4v) is 3.83. The number of anilines is 1. The van der Waals surface area contributed by atoms with Gasteiger partial charge in [-0.15, -0.1) is 0 Å². The highest BCUT2D eigenvalue weighted by atomic mass is 32.2. The topological polar surface area (TPSA) is 92.7 Å². The highest BCUT2D eigenvalue weighted by Crippen LogP contribution is 2.38. The van der Waals surface area contributed by atoms with Crippen LogP contribution >= 0.6 is 0 Å². The summed E-state index contributed by atoms with van der Waals surface area (Å²) in [7, 11) is -3.42. The first-order chi connectivity index (χ1) is 11.8. The highest BCUT2D eigenvalue weighted by Gasteiger charge is 2.23. The zero-order chi connectivity index (χ0) is 18.2. The van der Waals surface area contributed by atoms with Crippen LogP contribution in [0.25, 0.3) is 0 Å². The van der Waals surface area contributed by atoms with E-state index in [9.17, 15) is 18.3 Å². The zero-order valence-corrected chi connectivity index (χ0v) is 14.8. The van der Waals surface area contributed by atoms with Crippen molar-refractivity contribution in [3.63, 3.8) is 0 Å². The summed E-state index contributed by atoms with van der Waals surface area (Å²) in [5.74, 6) is 0.00649. The van der Waals surface area contributed by atoms with E-state index >= 15 is 0 Å². The number of fused-ring (bicyclic) bond motifs is 1. The van der Waals surface area contributed by atoms with Gasteiger partial charge in [0.15, 0.2) is 9.84 Å². The Kier molecular flexibility index (Phi) is 4.53. The van der Waals surface area contributed by atoms with Gasteiger partial charge in [-0.25, -0.2) is 8.42 Å². The number of hydrogen-bond acceptors (Lipinski definition) is 5. The van der Waals surface area contributed by atoms with E-state index in [1.54, 1.807) is 37.3 Å². The van der Waals surface area contributed by atoms with Gasteiger partial charge in [0, 0.05) is 23.8 Å². The number of benzene rings is 2. The van der Waals surface area contributed by atoms with Crippen LogP contribution in [0, 0.1) is 6.92 Å². The molecule has 6 nitrogen and oxygen atoms in total. The number of para-hydroxylation sites is 1. The molecular formula is C18H19NO5S. The lowest BCUT2D eigenvalue weighted by atomic mass is 10.0. The number of sulfone groups is 1. The van der Waals surface area contributed by atoms with Gasteiger partial charge in [-0.3, -0.25) is 4.79 Å². The van der Waals surface area contributed by atoms with Crippen LogP contribution in [-0.2, 0) is 9.84 Å². The second-order valence-corrected chi connectivity index (χ2v) is 8.07. The largest absolute Gasteiger partial charge is 0.491 e. The summed E-state index contributed by atoms with van der Waals surface area (Å²) in [4.78, 5) is 12.7. The van der Waals surface area contributed by atoms with Gasteiger partial charge in [-0.05, 0) is 30.7 Å². The molecule has 2 N–H and O–H groups in total. The number of carbonyl (C=O) groups is 1. The standard InChI is InChI=1S/C18H19NO5S/c1-11-6-7-12(10-16(11)25(2,22)23)18(21)19-14-5-3-4-13-15(20)8-9-24-17(13)14/h3-7,10,15,20H,8-9H2,1-2H3,(H,19,21). The van der Waals surface area contributed by atoms with Crippen molar-refractivity contribution in [3.8, 4) is 5.75 Å². The Morgan fingerprint density at radius 3 is 2.76 bits per heavy atom. The van der Waals surface area contributed by atoms with E-state index in [0.29, 0.717) is 35.6 Å². The van der Waals surface area contributed by atoms with Crippen LogP contribution in [0.3, 0.4) is 0 Å². The van der Waals surface area contributed by atoms with E-state index < -0.39 is 21.8 Å². The molecule has 2 aromatic carbocycles. The molecule has 1 aliphatic heterocycles. The normalized spacial score (nSPS) is 16.7. The summed E-state index contributed by atoms with van der Waals surface area (Å²) in [5, 5.41) is 12.8. The highest BCUT2D eigenvalue weighted by molar-refractivity contribution is 7.90. The minimum atomic E-state index is -3.42. The Morgan fingerprint density at radius 1 is 1.28 bits per heavy atom. The maximum Gasteiger partial charge on any atom is 0.255 e. The minimum Gasteiger partial charge on any atom is -0.491 e. The maximum absolute atomic E-state index is 12.5. The molecule has 25 heavy (non-hydrogen) atoms. The number of ether oxygens (including phenoxy) is 1. The second kappa shape index (κ2) is 6.50. The molecule has 7 heteroatoms. The van der Waals surface area contributed by atoms with Crippen molar-refractivity contribution in [2.75, 3.05) is 18.2 Å². The molecule has 0 aromatic heterocycles. The fraction of sp³-hybridized carbons (Fsp3) is 0.278. The zero-order valence-electron chi connectivity index (χ0n) is 13.9. The van der Waals surface area contributed by atoms with Gasteiger partial charge in [-0.1, -0.05) is 18.2 Å². The van der Waals surface area contributed by atoms with Crippen LogP contribution in [0.15, 0.2) is 41.3 Å².